The van der Waals surface area contributed by atoms with E-state index in [0.29, 0.717) is 6.04 Å². The van der Waals surface area contributed by atoms with Crippen molar-refractivity contribution >= 4 is 10.9 Å². The van der Waals surface area contributed by atoms with Crippen molar-refractivity contribution in [3.05, 3.63) is 42.1 Å². The molecule has 2 aliphatic rings. The van der Waals surface area contributed by atoms with Crippen molar-refractivity contribution in [1.82, 2.24) is 15.2 Å². The smallest absolute Gasteiger partial charge is 0.0702 e. The molecule has 0 amide bonds. The van der Waals surface area contributed by atoms with Crippen LogP contribution in [0.25, 0.3) is 10.9 Å². The molecule has 1 saturated carbocycles. The van der Waals surface area contributed by atoms with E-state index in [2.05, 4.69) is 46.4 Å². The Hall–Kier alpha value is -1.45. The fourth-order valence-electron chi connectivity index (χ4n) is 3.59. The molecule has 0 spiro atoms. The van der Waals surface area contributed by atoms with Crippen molar-refractivity contribution in [3.63, 3.8) is 0 Å². The van der Waals surface area contributed by atoms with Crippen LogP contribution in [-0.2, 0) is 6.54 Å². The van der Waals surface area contributed by atoms with Crippen LogP contribution in [0.1, 0.15) is 25.3 Å². The summed E-state index contributed by atoms with van der Waals surface area (Å²) in [5.74, 6) is 0.923. The van der Waals surface area contributed by atoms with Gasteiger partial charge in [0.05, 0.1) is 5.52 Å². The number of pyridine rings is 1. The van der Waals surface area contributed by atoms with Gasteiger partial charge in [-0.2, -0.15) is 0 Å². The quantitative estimate of drug-likeness (QED) is 0.937. The molecule has 2 fully saturated rings. The summed E-state index contributed by atoms with van der Waals surface area (Å²) in [5, 5.41) is 4.90. The average Bonchev–Trinajstić information content (AvgIpc) is 3.32. The van der Waals surface area contributed by atoms with E-state index < -0.39 is 0 Å². The van der Waals surface area contributed by atoms with Crippen LogP contribution < -0.4 is 5.32 Å². The summed E-state index contributed by atoms with van der Waals surface area (Å²) in [6.45, 7) is 5.67. The van der Waals surface area contributed by atoms with Gasteiger partial charge in [-0.15, -0.1) is 0 Å². The molecule has 21 heavy (non-hydrogen) atoms. The molecular formula is C18H23N3. The zero-order valence-electron chi connectivity index (χ0n) is 12.6. The number of hydrogen-bond donors (Lipinski definition) is 1. The summed E-state index contributed by atoms with van der Waals surface area (Å²) in [6.07, 6.45) is 4.70. The molecule has 2 atom stereocenters. The SMILES string of the molecule is CC1CN(Cc2ccc3ncccc3c2)C(C2CC2)CN1. The van der Waals surface area contributed by atoms with Crippen molar-refractivity contribution in [2.24, 2.45) is 5.92 Å². The standard InChI is InChI=1S/C18H23N3/c1-13-11-21(18(10-20-13)15-5-6-15)12-14-4-7-17-16(9-14)3-2-8-19-17/h2-4,7-9,13,15,18,20H,5-6,10-12H2,1H3. The first-order chi connectivity index (χ1) is 10.3. The minimum atomic E-state index is 0.599. The van der Waals surface area contributed by atoms with Gasteiger partial charge >= 0.3 is 0 Å². The second-order valence-electron chi connectivity index (χ2n) is 6.67. The third kappa shape index (κ3) is 2.81. The Bertz CT molecular complexity index is 635. The van der Waals surface area contributed by atoms with Crippen LogP contribution in [0.5, 0.6) is 0 Å². The first kappa shape index (κ1) is 13.2. The summed E-state index contributed by atoms with van der Waals surface area (Å²) in [5.41, 5.74) is 2.50. The molecule has 110 valence electrons. The Labute approximate surface area is 126 Å². The van der Waals surface area contributed by atoms with Gasteiger partial charge in [0.25, 0.3) is 0 Å². The second-order valence-corrected chi connectivity index (χ2v) is 6.67. The first-order valence-corrected chi connectivity index (χ1v) is 8.11. The van der Waals surface area contributed by atoms with E-state index in [4.69, 9.17) is 0 Å². The Morgan fingerprint density at radius 2 is 2.19 bits per heavy atom. The summed E-state index contributed by atoms with van der Waals surface area (Å²) >= 11 is 0. The minimum absolute atomic E-state index is 0.599. The first-order valence-electron chi connectivity index (χ1n) is 8.11. The number of hydrogen-bond acceptors (Lipinski definition) is 3. The molecule has 3 heteroatoms. The summed E-state index contributed by atoms with van der Waals surface area (Å²) in [6, 6.07) is 12.2. The Balaban J connectivity index is 1.56. The normalized spacial score (nSPS) is 27.1. The van der Waals surface area contributed by atoms with E-state index in [1.165, 1.54) is 23.8 Å². The molecule has 1 aromatic heterocycles. The fourth-order valence-corrected chi connectivity index (χ4v) is 3.59. The van der Waals surface area contributed by atoms with Crippen molar-refractivity contribution in [1.29, 1.82) is 0 Å². The van der Waals surface area contributed by atoms with Gasteiger partial charge in [0.15, 0.2) is 0 Å². The Morgan fingerprint density at radius 3 is 3.05 bits per heavy atom. The Morgan fingerprint density at radius 1 is 1.29 bits per heavy atom. The van der Waals surface area contributed by atoms with Crippen LogP contribution in [0.3, 0.4) is 0 Å². The van der Waals surface area contributed by atoms with Crippen LogP contribution in [0, 0.1) is 5.92 Å². The predicted molar refractivity (Wildman–Crippen MR) is 86.1 cm³/mol. The van der Waals surface area contributed by atoms with Gasteiger partial charge in [0, 0.05) is 43.3 Å². The van der Waals surface area contributed by atoms with E-state index in [9.17, 15) is 0 Å². The summed E-state index contributed by atoms with van der Waals surface area (Å²) in [4.78, 5) is 7.10. The highest BCUT2D eigenvalue weighted by atomic mass is 15.2. The van der Waals surface area contributed by atoms with Gasteiger partial charge in [0.2, 0.25) is 0 Å². The zero-order chi connectivity index (χ0) is 14.2. The van der Waals surface area contributed by atoms with Crippen LogP contribution in [-0.4, -0.2) is 35.1 Å². The molecule has 1 aromatic carbocycles. The molecule has 0 bridgehead atoms. The number of nitrogens with zero attached hydrogens (tertiary/aromatic N) is 2. The molecule has 2 heterocycles. The lowest BCUT2D eigenvalue weighted by Gasteiger charge is -2.39. The van der Waals surface area contributed by atoms with Gasteiger partial charge in [-0.05, 0) is 49.4 Å². The van der Waals surface area contributed by atoms with Crippen LogP contribution >= 0.6 is 0 Å². The molecule has 2 unspecified atom stereocenters. The van der Waals surface area contributed by atoms with E-state index in [1.807, 2.05) is 12.3 Å². The van der Waals surface area contributed by atoms with Crippen molar-refractivity contribution in [2.75, 3.05) is 13.1 Å². The molecule has 1 N–H and O–H groups in total. The van der Waals surface area contributed by atoms with Crippen molar-refractivity contribution in [2.45, 2.75) is 38.4 Å². The average molecular weight is 281 g/mol. The number of fused-ring (bicyclic) bond motifs is 1. The van der Waals surface area contributed by atoms with Crippen LogP contribution in [0.2, 0.25) is 0 Å². The lowest BCUT2D eigenvalue weighted by molar-refractivity contribution is 0.112. The molecule has 2 aromatic rings. The van der Waals surface area contributed by atoms with Gasteiger partial charge in [-0.25, -0.2) is 0 Å². The lowest BCUT2D eigenvalue weighted by atomic mass is 10.0. The highest BCUT2D eigenvalue weighted by Crippen LogP contribution is 2.36. The number of nitrogens with one attached hydrogen (secondary N) is 1. The van der Waals surface area contributed by atoms with Gasteiger partial charge < -0.3 is 5.32 Å². The second kappa shape index (κ2) is 5.39. The monoisotopic (exact) mass is 281 g/mol. The molecule has 3 nitrogen and oxygen atoms in total. The number of rotatable bonds is 3. The van der Waals surface area contributed by atoms with Crippen LogP contribution in [0.15, 0.2) is 36.5 Å². The third-order valence-corrected chi connectivity index (χ3v) is 4.87. The van der Waals surface area contributed by atoms with Gasteiger partial charge in [-0.3, -0.25) is 9.88 Å². The summed E-state index contributed by atoms with van der Waals surface area (Å²) < 4.78 is 0. The molecule has 1 aliphatic heterocycles. The third-order valence-electron chi connectivity index (χ3n) is 4.87. The fraction of sp³-hybridized carbons (Fsp3) is 0.500. The zero-order valence-corrected chi connectivity index (χ0v) is 12.6. The largest absolute Gasteiger partial charge is 0.311 e. The summed E-state index contributed by atoms with van der Waals surface area (Å²) in [7, 11) is 0. The predicted octanol–water partition coefficient (Wildman–Crippen LogP) is 2.81. The topological polar surface area (TPSA) is 28.2 Å². The highest BCUT2D eigenvalue weighted by Gasteiger charge is 2.37. The Kier molecular flexibility index (Phi) is 3.40. The van der Waals surface area contributed by atoms with E-state index in [0.717, 1.165) is 37.1 Å². The minimum Gasteiger partial charge on any atom is -0.311 e. The molecular weight excluding hydrogens is 258 g/mol. The molecule has 0 radical (unpaired) electrons. The number of aromatic nitrogens is 1. The maximum absolute atomic E-state index is 4.41. The van der Waals surface area contributed by atoms with Gasteiger partial charge in [-0.1, -0.05) is 12.1 Å². The van der Waals surface area contributed by atoms with Gasteiger partial charge in [0.1, 0.15) is 0 Å². The van der Waals surface area contributed by atoms with E-state index >= 15 is 0 Å². The maximum Gasteiger partial charge on any atom is 0.0702 e. The number of piperazine rings is 1. The van der Waals surface area contributed by atoms with Crippen LogP contribution in [0.4, 0.5) is 0 Å². The van der Waals surface area contributed by atoms with Crippen molar-refractivity contribution < 1.29 is 0 Å². The lowest BCUT2D eigenvalue weighted by Crippen LogP contribution is -2.55. The van der Waals surface area contributed by atoms with E-state index in [-0.39, 0.29) is 0 Å². The molecule has 4 rings (SSSR count). The molecule has 1 saturated heterocycles. The van der Waals surface area contributed by atoms with E-state index in [1.54, 1.807) is 0 Å². The number of benzene rings is 1. The molecule has 1 aliphatic carbocycles. The maximum atomic E-state index is 4.41. The van der Waals surface area contributed by atoms with Crippen molar-refractivity contribution in [3.8, 4) is 0 Å². The highest BCUT2D eigenvalue weighted by molar-refractivity contribution is 5.78.